The summed E-state index contributed by atoms with van der Waals surface area (Å²) in [6.07, 6.45) is -0.587. The molecule has 0 radical (unpaired) electrons. The molecule has 0 fully saturated rings. The van der Waals surface area contributed by atoms with Gasteiger partial charge in [-0.2, -0.15) is 0 Å². The van der Waals surface area contributed by atoms with Crippen LogP contribution >= 0.6 is 0 Å². The molecule has 158 valence electrons. The first-order valence-electron chi connectivity index (χ1n) is 9.14. The van der Waals surface area contributed by atoms with Crippen LogP contribution in [0.5, 0.6) is 0 Å². The van der Waals surface area contributed by atoms with Crippen LogP contribution < -0.4 is 10.0 Å². The Morgan fingerprint density at radius 2 is 1.79 bits per heavy atom. The van der Waals surface area contributed by atoms with Crippen molar-refractivity contribution in [2.24, 2.45) is 0 Å². The number of nitrogens with one attached hydrogen (secondary N) is 2. The quantitative estimate of drug-likeness (QED) is 0.624. The number of amides is 1. The number of nitrogens with zero attached hydrogens (tertiary/aromatic N) is 1. The number of hydrogen-bond acceptors (Lipinski definition) is 7. The second kappa shape index (κ2) is 9.19. The number of esters is 1. The van der Waals surface area contributed by atoms with Gasteiger partial charge in [-0.1, -0.05) is 12.1 Å². The monoisotopic (exact) mass is 423 g/mol. The molecule has 0 bridgehead atoms. The van der Waals surface area contributed by atoms with Gasteiger partial charge in [-0.15, -0.1) is 0 Å². The smallest absolute Gasteiger partial charge is 0.344 e. The minimum atomic E-state index is -3.62. The molecule has 9 nitrogen and oxygen atoms in total. The summed E-state index contributed by atoms with van der Waals surface area (Å²) in [4.78, 5) is 24.7. The minimum Gasteiger partial charge on any atom is -0.449 e. The van der Waals surface area contributed by atoms with E-state index >= 15 is 0 Å². The van der Waals surface area contributed by atoms with Gasteiger partial charge in [0.05, 0.1) is 10.6 Å². The number of anilines is 1. The molecule has 29 heavy (non-hydrogen) atoms. The third kappa shape index (κ3) is 5.64. The Bertz CT molecular complexity index is 980. The molecule has 1 unspecified atom stereocenters. The van der Waals surface area contributed by atoms with Gasteiger partial charge >= 0.3 is 5.97 Å². The zero-order chi connectivity index (χ0) is 21.8. The molecule has 1 heterocycles. The third-order valence-corrected chi connectivity index (χ3v) is 5.62. The lowest BCUT2D eigenvalue weighted by molar-refractivity contribution is -0.123. The van der Waals surface area contributed by atoms with Gasteiger partial charge in [-0.3, -0.25) is 4.79 Å². The number of ether oxygens (including phenoxy) is 1. The summed E-state index contributed by atoms with van der Waals surface area (Å²) in [6, 6.07) is 5.44. The van der Waals surface area contributed by atoms with E-state index in [1.807, 2.05) is 6.92 Å². The van der Waals surface area contributed by atoms with E-state index < -0.39 is 28.0 Å². The molecule has 1 aromatic heterocycles. The number of aromatic nitrogens is 1. The topological polar surface area (TPSA) is 128 Å². The number of carbonyl (C=O) groups excluding carboxylic acids is 2. The number of carbonyl (C=O) groups is 2. The average Bonchev–Trinajstić information content (AvgIpc) is 3.01. The van der Waals surface area contributed by atoms with Gasteiger partial charge in [-0.05, 0) is 58.4 Å². The highest BCUT2D eigenvalue weighted by Gasteiger charge is 2.25. The normalized spacial score (nSPS) is 12.6. The molecule has 1 amide bonds. The number of aryl methyl sites for hydroxylation is 2. The van der Waals surface area contributed by atoms with E-state index in [1.54, 1.807) is 20.8 Å². The SMILES string of the molecule is CCc1noc(C)c1C(=O)OC(C)C(=O)Nc1ccc(S(=O)(=O)NC(C)C)cc1. The van der Waals surface area contributed by atoms with Crippen LogP contribution in [0.2, 0.25) is 0 Å². The van der Waals surface area contributed by atoms with Crippen molar-refractivity contribution in [1.29, 1.82) is 0 Å². The van der Waals surface area contributed by atoms with E-state index in [0.717, 1.165) is 0 Å². The average molecular weight is 423 g/mol. The zero-order valence-electron chi connectivity index (χ0n) is 17.0. The Morgan fingerprint density at radius 3 is 2.34 bits per heavy atom. The first-order chi connectivity index (χ1) is 13.5. The highest BCUT2D eigenvalue weighted by molar-refractivity contribution is 7.89. The van der Waals surface area contributed by atoms with Crippen LogP contribution in [0, 0.1) is 6.92 Å². The molecule has 0 saturated carbocycles. The predicted molar refractivity (Wildman–Crippen MR) is 106 cm³/mol. The first kappa shape index (κ1) is 22.6. The van der Waals surface area contributed by atoms with Crippen LogP contribution in [0.3, 0.4) is 0 Å². The predicted octanol–water partition coefficient (Wildman–Crippen LogP) is 2.42. The van der Waals surface area contributed by atoms with E-state index in [1.165, 1.54) is 31.2 Å². The molecule has 1 aromatic carbocycles. The van der Waals surface area contributed by atoms with Crippen molar-refractivity contribution in [3.63, 3.8) is 0 Å². The van der Waals surface area contributed by atoms with Gasteiger partial charge in [-0.25, -0.2) is 17.9 Å². The van der Waals surface area contributed by atoms with Crippen molar-refractivity contribution in [3.05, 3.63) is 41.3 Å². The van der Waals surface area contributed by atoms with Crippen LogP contribution in [0.4, 0.5) is 5.69 Å². The van der Waals surface area contributed by atoms with Crippen LogP contribution in [0.15, 0.2) is 33.7 Å². The van der Waals surface area contributed by atoms with E-state index in [4.69, 9.17) is 9.26 Å². The summed E-state index contributed by atoms with van der Waals surface area (Å²) in [7, 11) is -3.62. The maximum atomic E-state index is 12.3. The van der Waals surface area contributed by atoms with Crippen LogP contribution in [-0.4, -0.2) is 37.6 Å². The molecule has 2 rings (SSSR count). The van der Waals surface area contributed by atoms with E-state index in [9.17, 15) is 18.0 Å². The Kier molecular flexibility index (Phi) is 7.15. The van der Waals surface area contributed by atoms with Crippen molar-refractivity contribution in [3.8, 4) is 0 Å². The van der Waals surface area contributed by atoms with Gasteiger partial charge in [0.25, 0.3) is 5.91 Å². The van der Waals surface area contributed by atoms with Crippen molar-refractivity contribution in [2.75, 3.05) is 5.32 Å². The van der Waals surface area contributed by atoms with Gasteiger partial charge in [0.2, 0.25) is 10.0 Å². The molecule has 0 aliphatic carbocycles. The molecule has 2 aromatic rings. The second-order valence-electron chi connectivity index (χ2n) is 6.75. The summed E-state index contributed by atoms with van der Waals surface area (Å²) in [6.45, 7) is 8.30. The van der Waals surface area contributed by atoms with Gasteiger partial charge in [0, 0.05) is 11.7 Å². The molecule has 1 atom stereocenters. The summed E-state index contributed by atoms with van der Waals surface area (Å²) >= 11 is 0. The van der Waals surface area contributed by atoms with Crippen molar-refractivity contribution in [2.45, 2.75) is 58.1 Å². The van der Waals surface area contributed by atoms with E-state index in [-0.39, 0.29) is 16.5 Å². The fourth-order valence-electron chi connectivity index (χ4n) is 2.53. The zero-order valence-corrected chi connectivity index (χ0v) is 17.8. The largest absolute Gasteiger partial charge is 0.449 e. The summed E-state index contributed by atoms with van der Waals surface area (Å²) in [5.41, 5.74) is 1.06. The second-order valence-corrected chi connectivity index (χ2v) is 8.47. The van der Waals surface area contributed by atoms with Crippen LogP contribution in [0.25, 0.3) is 0 Å². The number of rotatable bonds is 8. The van der Waals surface area contributed by atoms with Gasteiger partial charge in [0.1, 0.15) is 11.3 Å². The van der Waals surface area contributed by atoms with Gasteiger partial charge < -0.3 is 14.6 Å². The summed E-state index contributed by atoms with van der Waals surface area (Å²) in [5, 5.41) is 6.37. The Labute approximate surface area is 169 Å². The maximum Gasteiger partial charge on any atom is 0.344 e. The highest BCUT2D eigenvalue weighted by atomic mass is 32.2. The Morgan fingerprint density at radius 1 is 1.17 bits per heavy atom. The van der Waals surface area contributed by atoms with Crippen molar-refractivity contribution in [1.82, 2.24) is 9.88 Å². The van der Waals surface area contributed by atoms with Gasteiger partial charge in [0.15, 0.2) is 6.10 Å². The number of hydrogen-bond donors (Lipinski definition) is 2. The van der Waals surface area contributed by atoms with Crippen molar-refractivity contribution >= 4 is 27.6 Å². The fraction of sp³-hybridized carbons (Fsp3) is 0.421. The summed E-state index contributed by atoms with van der Waals surface area (Å²) in [5.74, 6) is -0.919. The molecule has 10 heteroatoms. The molecule has 0 aliphatic heterocycles. The summed E-state index contributed by atoms with van der Waals surface area (Å²) < 4.78 is 37.0. The first-order valence-corrected chi connectivity index (χ1v) is 10.6. The van der Waals surface area contributed by atoms with E-state index in [0.29, 0.717) is 23.6 Å². The van der Waals surface area contributed by atoms with Crippen LogP contribution in [0.1, 0.15) is 49.5 Å². The molecule has 0 spiro atoms. The number of benzene rings is 1. The highest BCUT2D eigenvalue weighted by Crippen LogP contribution is 2.18. The molecular formula is C19H25N3O6S. The van der Waals surface area contributed by atoms with Crippen LogP contribution in [-0.2, 0) is 26.0 Å². The Hall–Kier alpha value is -2.72. The molecule has 0 saturated heterocycles. The maximum absolute atomic E-state index is 12.3. The van der Waals surface area contributed by atoms with Crippen molar-refractivity contribution < 1.29 is 27.3 Å². The third-order valence-electron chi connectivity index (χ3n) is 3.95. The Balaban J connectivity index is 2.02. The standard InChI is InChI=1S/C19H25N3O6S/c1-6-16-17(12(4)28-21-16)19(24)27-13(5)18(23)20-14-7-9-15(10-8-14)29(25,26)22-11(2)3/h7-11,13,22H,6H2,1-5H3,(H,20,23). The lowest BCUT2D eigenvalue weighted by atomic mass is 10.1. The number of sulfonamides is 1. The lowest BCUT2D eigenvalue weighted by Gasteiger charge is -2.14. The molecule has 0 aliphatic rings. The fourth-order valence-corrected chi connectivity index (χ4v) is 3.78. The minimum absolute atomic E-state index is 0.0821. The molecule has 2 N–H and O–H groups in total. The van der Waals surface area contributed by atoms with E-state index in [2.05, 4.69) is 15.2 Å². The molecular weight excluding hydrogens is 398 g/mol. The lowest BCUT2D eigenvalue weighted by Crippen LogP contribution is -2.31.